The Morgan fingerprint density at radius 3 is 2.37 bits per heavy atom. The van der Waals surface area contributed by atoms with Crippen molar-refractivity contribution in [2.45, 2.75) is 0 Å². The lowest BCUT2D eigenvalue weighted by atomic mass is 10.3. The average Bonchev–Trinajstić information content (AvgIpc) is 2.73. The van der Waals surface area contributed by atoms with Crippen LogP contribution in [0.4, 0.5) is 10.5 Å². The maximum atomic E-state index is 11.3. The molecule has 5 N–H and O–H groups in total. The number of nitrogens with zero attached hydrogens (tertiary/aromatic N) is 2. The largest absolute Gasteiger partial charge is 0.364 e. The molecule has 0 aliphatic rings. The maximum absolute atomic E-state index is 11.3. The van der Waals surface area contributed by atoms with Gasteiger partial charge in [-0.05, 0) is 46.9 Å². The number of amides is 3. The number of urea groups is 1. The molecule has 98 valence electrons. The molecule has 7 nitrogen and oxygen atoms in total. The molecule has 0 aliphatic carbocycles. The molecule has 0 saturated carbocycles. The molecule has 2 rings (SSSR count). The number of halogens is 1. The molecular formula is C11H10IN5O2. The molecule has 0 saturated heterocycles. The number of aromatic nitrogens is 2. The second kappa shape index (κ2) is 5.26. The van der Waals surface area contributed by atoms with Gasteiger partial charge in [-0.2, -0.15) is 5.10 Å². The van der Waals surface area contributed by atoms with Crippen LogP contribution in [0.1, 0.15) is 10.5 Å². The number of primary amides is 2. The van der Waals surface area contributed by atoms with Crippen LogP contribution < -0.4 is 16.8 Å². The molecule has 1 aromatic carbocycles. The van der Waals surface area contributed by atoms with Crippen molar-refractivity contribution in [2.24, 2.45) is 11.5 Å². The lowest BCUT2D eigenvalue weighted by Gasteiger charge is -2.00. The minimum atomic E-state index is -0.787. The number of anilines is 1. The summed E-state index contributed by atoms with van der Waals surface area (Å²) in [6.45, 7) is 0. The van der Waals surface area contributed by atoms with Gasteiger partial charge in [0.15, 0.2) is 5.69 Å². The molecule has 2 aromatic rings. The normalized spacial score (nSPS) is 10.2. The van der Waals surface area contributed by atoms with Crippen molar-refractivity contribution in [2.75, 3.05) is 5.32 Å². The van der Waals surface area contributed by atoms with Gasteiger partial charge in [-0.3, -0.25) is 4.79 Å². The second-order valence-electron chi connectivity index (χ2n) is 3.67. The van der Waals surface area contributed by atoms with Crippen molar-refractivity contribution in [3.8, 4) is 5.69 Å². The number of rotatable bonds is 3. The highest BCUT2D eigenvalue weighted by molar-refractivity contribution is 14.1. The van der Waals surface area contributed by atoms with Crippen molar-refractivity contribution >= 4 is 40.2 Å². The third kappa shape index (κ3) is 3.02. The summed E-state index contributed by atoms with van der Waals surface area (Å²) >= 11 is 2.18. The van der Waals surface area contributed by atoms with Crippen molar-refractivity contribution in [3.63, 3.8) is 0 Å². The first kappa shape index (κ1) is 13.3. The lowest BCUT2D eigenvalue weighted by molar-refractivity contribution is 0.0996. The molecule has 0 atom stereocenters. The molecule has 1 heterocycles. The van der Waals surface area contributed by atoms with Gasteiger partial charge >= 0.3 is 6.03 Å². The zero-order chi connectivity index (χ0) is 14.0. The first-order valence-electron chi connectivity index (χ1n) is 5.19. The van der Waals surface area contributed by atoms with Gasteiger partial charge in [0, 0.05) is 3.57 Å². The van der Waals surface area contributed by atoms with Crippen molar-refractivity contribution in [1.82, 2.24) is 9.78 Å². The zero-order valence-electron chi connectivity index (χ0n) is 9.63. The first-order chi connectivity index (χ1) is 8.97. The Morgan fingerprint density at radius 1 is 1.21 bits per heavy atom. The standard InChI is InChI=1S/C11H10IN5O2/c12-6-1-3-7(4-2-6)17-5-8(15-11(14)19)9(16-17)10(13)18/h1-5H,(H2,13,18)(H3,14,15,19). The van der Waals surface area contributed by atoms with Gasteiger partial charge in [0.05, 0.1) is 17.6 Å². The first-order valence-corrected chi connectivity index (χ1v) is 6.27. The van der Waals surface area contributed by atoms with Gasteiger partial charge in [0.2, 0.25) is 0 Å². The van der Waals surface area contributed by atoms with Crippen LogP contribution in [0.15, 0.2) is 30.5 Å². The SMILES string of the molecule is NC(=O)Nc1cn(-c2ccc(I)cc2)nc1C(N)=O. The Morgan fingerprint density at radius 2 is 1.84 bits per heavy atom. The van der Waals surface area contributed by atoms with E-state index in [1.807, 2.05) is 24.3 Å². The van der Waals surface area contributed by atoms with Crippen LogP contribution in [0.2, 0.25) is 0 Å². The van der Waals surface area contributed by atoms with E-state index in [0.29, 0.717) is 0 Å². The lowest BCUT2D eigenvalue weighted by Crippen LogP contribution is -2.22. The van der Waals surface area contributed by atoms with E-state index in [1.54, 1.807) is 0 Å². The fourth-order valence-electron chi connectivity index (χ4n) is 1.51. The van der Waals surface area contributed by atoms with Crippen LogP contribution in [-0.4, -0.2) is 21.7 Å². The molecule has 0 radical (unpaired) electrons. The number of benzene rings is 1. The Bertz CT molecular complexity index is 635. The summed E-state index contributed by atoms with van der Waals surface area (Å²) in [5.41, 5.74) is 11.1. The van der Waals surface area contributed by atoms with E-state index in [4.69, 9.17) is 11.5 Å². The van der Waals surface area contributed by atoms with Gasteiger partial charge in [0.25, 0.3) is 5.91 Å². The third-order valence-electron chi connectivity index (χ3n) is 2.30. The molecule has 0 fully saturated rings. The van der Waals surface area contributed by atoms with E-state index in [2.05, 4.69) is 33.0 Å². The monoisotopic (exact) mass is 371 g/mol. The van der Waals surface area contributed by atoms with Crippen molar-refractivity contribution in [3.05, 3.63) is 39.7 Å². The van der Waals surface area contributed by atoms with Crippen LogP contribution in [0.3, 0.4) is 0 Å². The van der Waals surface area contributed by atoms with Crippen LogP contribution in [0, 0.1) is 3.57 Å². The van der Waals surface area contributed by atoms with Crippen LogP contribution in [0.5, 0.6) is 0 Å². The number of carbonyl (C=O) groups is 2. The summed E-state index contributed by atoms with van der Waals surface area (Å²) in [6.07, 6.45) is 1.48. The van der Waals surface area contributed by atoms with Crippen molar-refractivity contribution in [1.29, 1.82) is 0 Å². The van der Waals surface area contributed by atoms with Crippen LogP contribution in [-0.2, 0) is 0 Å². The molecule has 3 amide bonds. The Labute approximate surface area is 122 Å². The number of nitrogens with two attached hydrogens (primary N) is 2. The molecule has 8 heteroatoms. The van der Waals surface area contributed by atoms with Crippen LogP contribution >= 0.6 is 22.6 Å². The van der Waals surface area contributed by atoms with Crippen LogP contribution in [0.25, 0.3) is 5.69 Å². The van der Waals surface area contributed by atoms with Gasteiger partial charge in [-0.25, -0.2) is 9.48 Å². The topological polar surface area (TPSA) is 116 Å². The van der Waals surface area contributed by atoms with E-state index in [0.717, 1.165) is 9.26 Å². The number of carbonyl (C=O) groups excluding carboxylic acids is 2. The molecule has 0 spiro atoms. The predicted octanol–water partition coefficient (Wildman–Crippen LogP) is 1.07. The van der Waals surface area contributed by atoms with E-state index in [1.165, 1.54) is 10.9 Å². The average molecular weight is 371 g/mol. The van der Waals surface area contributed by atoms with E-state index in [9.17, 15) is 9.59 Å². The highest BCUT2D eigenvalue weighted by Gasteiger charge is 2.15. The third-order valence-corrected chi connectivity index (χ3v) is 3.02. The summed E-state index contributed by atoms with van der Waals surface area (Å²) in [7, 11) is 0. The number of hydrogen-bond donors (Lipinski definition) is 3. The number of hydrogen-bond acceptors (Lipinski definition) is 3. The second-order valence-corrected chi connectivity index (χ2v) is 4.91. The fourth-order valence-corrected chi connectivity index (χ4v) is 1.87. The molecule has 0 unspecified atom stereocenters. The number of nitrogens with one attached hydrogen (secondary N) is 1. The van der Waals surface area contributed by atoms with Gasteiger partial charge < -0.3 is 16.8 Å². The molecular weight excluding hydrogens is 361 g/mol. The summed E-state index contributed by atoms with van der Waals surface area (Å²) in [5, 5.41) is 6.34. The van der Waals surface area contributed by atoms with Gasteiger partial charge in [-0.15, -0.1) is 0 Å². The summed E-state index contributed by atoms with van der Waals surface area (Å²) < 4.78 is 2.51. The Hall–Kier alpha value is -2.10. The van der Waals surface area contributed by atoms with Gasteiger partial charge in [-0.1, -0.05) is 0 Å². The Kier molecular flexibility index (Phi) is 3.69. The van der Waals surface area contributed by atoms with Gasteiger partial charge in [0.1, 0.15) is 0 Å². The molecule has 19 heavy (non-hydrogen) atoms. The summed E-state index contributed by atoms with van der Waals surface area (Å²) in [4.78, 5) is 22.1. The minimum absolute atomic E-state index is 0.0441. The van der Waals surface area contributed by atoms with E-state index < -0.39 is 11.9 Å². The zero-order valence-corrected chi connectivity index (χ0v) is 11.8. The Balaban J connectivity index is 2.45. The summed E-state index contributed by atoms with van der Waals surface area (Å²) in [5.74, 6) is -0.743. The smallest absolute Gasteiger partial charge is 0.316 e. The van der Waals surface area contributed by atoms with Crippen molar-refractivity contribution < 1.29 is 9.59 Å². The maximum Gasteiger partial charge on any atom is 0.316 e. The van der Waals surface area contributed by atoms with E-state index in [-0.39, 0.29) is 11.4 Å². The highest BCUT2D eigenvalue weighted by Crippen LogP contribution is 2.17. The quantitative estimate of drug-likeness (QED) is 0.701. The fraction of sp³-hybridized carbons (Fsp3) is 0. The molecule has 0 aliphatic heterocycles. The highest BCUT2D eigenvalue weighted by atomic mass is 127. The molecule has 0 bridgehead atoms. The molecule has 1 aromatic heterocycles. The predicted molar refractivity (Wildman–Crippen MR) is 78.0 cm³/mol. The minimum Gasteiger partial charge on any atom is -0.364 e. The summed E-state index contributed by atoms with van der Waals surface area (Å²) in [6, 6.07) is 6.65. The van der Waals surface area contributed by atoms with E-state index >= 15 is 0 Å².